The van der Waals surface area contributed by atoms with Crippen LogP contribution in [0.5, 0.6) is 0 Å². The molecule has 17 heavy (non-hydrogen) atoms. The molecule has 0 saturated carbocycles. The van der Waals surface area contributed by atoms with Crippen molar-refractivity contribution >= 4 is 28.8 Å². The largest absolute Gasteiger partial charge is 0.398 e. The lowest BCUT2D eigenvalue weighted by Gasteiger charge is -2.09. The highest BCUT2D eigenvalue weighted by Crippen LogP contribution is 2.26. The molecule has 3 nitrogen and oxygen atoms in total. The summed E-state index contributed by atoms with van der Waals surface area (Å²) in [4.78, 5) is 4.15. The number of nitrogens with two attached hydrogens (primary N) is 1. The van der Waals surface area contributed by atoms with E-state index in [9.17, 15) is 4.39 Å². The molecule has 0 aliphatic rings. The van der Waals surface area contributed by atoms with E-state index in [-0.39, 0.29) is 5.82 Å². The van der Waals surface area contributed by atoms with Crippen LogP contribution >= 0.6 is 11.6 Å². The number of hydrogen-bond donors (Lipinski definition) is 2. The SMILES string of the molecule is Cc1cnc(Nc2ccc(F)cc2Cl)cc1N. The maximum Gasteiger partial charge on any atom is 0.132 e. The number of nitrogens with zero attached hydrogens (tertiary/aromatic N) is 1. The van der Waals surface area contributed by atoms with Gasteiger partial charge in [-0.05, 0) is 30.7 Å². The number of halogens is 2. The van der Waals surface area contributed by atoms with E-state index in [1.165, 1.54) is 12.1 Å². The highest BCUT2D eigenvalue weighted by Gasteiger charge is 2.04. The number of benzene rings is 1. The van der Waals surface area contributed by atoms with Crippen molar-refractivity contribution in [2.24, 2.45) is 0 Å². The van der Waals surface area contributed by atoms with Crippen LogP contribution in [-0.4, -0.2) is 4.98 Å². The Kier molecular flexibility index (Phi) is 3.15. The second kappa shape index (κ2) is 4.59. The molecule has 0 radical (unpaired) electrons. The normalized spacial score (nSPS) is 10.3. The maximum atomic E-state index is 12.9. The maximum absolute atomic E-state index is 12.9. The number of aromatic nitrogens is 1. The van der Waals surface area contributed by atoms with Crippen LogP contribution in [0.2, 0.25) is 5.02 Å². The van der Waals surface area contributed by atoms with Gasteiger partial charge in [-0.15, -0.1) is 0 Å². The topological polar surface area (TPSA) is 50.9 Å². The molecule has 0 amide bonds. The predicted octanol–water partition coefficient (Wildman–Crippen LogP) is 3.51. The van der Waals surface area contributed by atoms with Gasteiger partial charge in [0.1, 0.15) is 11.6 Å². The minimum Gasteiger partial charge on any atom is -0.398 e. The third-order valence-corrected chi connectivity index (χ3v) is 2.65. The average Bonchev–Trinajstić information content (AvgIpc) is 2.27. The lowest BCUT2D eigenvalue weighted by atomic mass is 10.2. The first kappa shape index (κ1) is 11.7. The highest BCUT2D eigenvalue weighted by molar-refractivity contribution is 6.33. The van der Waals surface area contributed by atoms with Crippen LogP contribution < -0.4 is 11.1 Å². The third kappa shape index (κ3) is 2.65. The van der Waals surface area contributed by atoms with Gasteiger partial charge in [-0.25, -0.2) is 9.37 Å². The van der Waals surface area contributed by atoms with Gasteiger partial charge in [-0.2, -0.15) is 0 Å². The molecular formula is C12H11ClFN3. The molecule has 2 aromatic rings. The van der Waals surface area contributed by atoms with Gasteiger partial charge in [0.05, 0.1) is 10.7 Å². The van der Waals surface area contributed by atoms with E-state index >= 15 is 0 Å². The number of nitrogens with one attached hydrogen (secondary N) is 1. The van der Waals surface area contributed by atoms with Crippen molar-refractivity contribution in [2.75, 3.05) is 11.1 Å². The van der Waals surface area contributed by atoms with Crippen molar-refractivity contribution < 1.29 is 4.39 Å². The minimum atomic E-state index is -0.378. The Hall–Kier alpha value is -1.81. The average molecular weight is 252 g/mol. The Balaban J connectivity index is 2.28. The monoisotopic (exact) mass is 251 g/mol. The molecule has 1 aromatic carbocycles. The van der Waals surface area contributed by atoms with Crippen LogP contribution in [0.1, 0.15) is 5.56 Å². The zero-order valence-corrected chi connectivity index (χ0v) is 9.92. The van der Waals surface area contributed by atoms with Crippen molar-refractivity contribution in [3.63, 3.8) is 0 Å². The van der Waals surface area contributed by atoms with Crippen LogP contribution in [0.25, 0.3) is 0 Å². The standard InChI is InChI=1S/C12H11ClFN3/c1-7-6-16-12(5-10(7)15)17-11-3-2-8(14)4-9(11)13/h2-6H,1H3,(H3,15,16,17). The fourth-order valence-electron chi connectivity index (χ4n) is 1.34. The van der Waals surface area contributed by atoms with Crippen LogP contribution in [0.3, 0.4) is 0 Å². The van der Waals surface area contributed by atoms with Crippen molar-refractivity contribution in [1.29, 1.82) is 0 Å². The Morgan fingerprint density at radius 3 is 2.76 bits per heavy atom. The summed E-state index contributed by atoms with van der Waals surface area (Å²) in [5.74, 6) is 0.193. The number of rotatable bonds is 2. The van der Waals surface area contributed by atoms with Crippen LogP contribution in [0, 0.1) is 12.7 Å². The predicted molar refractivity (Wildman–Crippen MR) is 68.1 cm³/mol. The molecular weight excluding hydrogens is 241 g/mol. The number of aryl methyl sites for hydroxylation is 1. The quantitative estimate of drug-likeness (QED) is 0.859. The lowest BCUT2D eigenvalue weighted by molar-refractivity contribution is 0.628. The second-order valence-electron chi connectivity index (χ2n) is 3.68. The van der Waals surface area contributed by atoms with Crippen molar-refractivity contribution in [3.8, 4) is 0 Å². The van der Waals surface area contributed by atoms with Gasteiger partial charge < -0.3 is 11.1 Å². The molecule has 0 aliphatic heterocycles. The molecule has 0 fully saturated rings. The summed E-state index contributed by atoms with van der Waals surface area (Å²) in [5, 5.41) is 3.27. The molecule has 5 heteroatoms. The van der Waals surface area contributed by atoms with Crippen LogP contribution in [0.15, 0.2) is 30.5 Å². The van der Waals surface area contributed by atoms with E-state index in [4.69, 9.17) is 17.3 Å². The fourth-order valence-corrected chi connectivity index (χ4v) is 1.55. The number of nitrogen functional groups attached to an aromatic ring is 1. The van der Waals surface area contributed by atoms with E-state index in [1.807, 2.05) is 6.92 Å². The van der Waals surface area contributed by atoms with Crippen molar-refractivity contribution in [1.82, 2.24) is 4.98 Å². The van der Waals surface area contributed by atoms with Gasteiger partial charge in [0.15, 0.2) is 0 Å². The van der Waals surface area contributed by atoms with Crippen LogP contribution in [-0.2, 0) is 0 Å². The van der Waals surface area contributed by atoms with Gasteiger partial charge >= 0.3 is 0 Å². The summed E-state index contributed by atoms with van der Waals surface area (Å²) in [5.41, 5.74) is 7.89. The third-order valence-electron chi connectivity index (χ3n) is 2.34. The van der Waals surface area contributed by atoms with E-state index in [1.54, 1.807) is 18.3 Å². The first-order valence-corrected chi connectivity index (χ1v) is 5.38. The molecule has 3 N–H and O–H groups in total. The summed E-state index contributed by atoms with van der Waals surface area (Å²) in [6.45, 7) is 1.87. The summed E-state index contributed by atoms with van der Waals surface area (Å²) in [6.07, 6.45) is 1.66. The second-order valence-corrected chi connectivity index (χ2v) is 4.08. The molecule has 2 rings (SSSR count). The molecule has 88 valence electrons. The molecule has 0 aliphatic carbocycles. The lowest BCUT2D eigenvalue weighted by Crippen LogP contribution is -1.98. The molecule has 0 atom stereocenters. The molecule has 1 heterocycles. The number of pyridine rings is 1. The van der Waals surface area contributed by atoms with E-state index < -0.39 is 0 Å². The zero-order valence-electron chi connectivity index (χ0n) is 9.17. The van der Waals surface area contributed by atoms with Gasteiger partial charge in [-0.1, -0.05) is 11.6 Å². The van der Waals surface area contributed by atoms with Crippen LogP contribution in [0.4, 0.5) is 21.6 Å². The summed E-state index contributed by atoms with van der Waals surface area (Å²) < 4.78 is 12.9. The summed E-state index contributed by atoms with van der Waals surface area (Å²) in [7, 11) is 0. The van der Waals surface area contributed by atoms with Crippen molar-refractivity contribution in [3.05, 3.63) is 46.9 Å². The number of anilines is 3. The van der Waals surface area contributed by atoms with Gasteiger partial charge in [0.25, 0.3) is 0 Å². The van der Waals surface area contributed by atoms with Gasteiger partial charge in [0.2, 0.25) is 0 Å². The Morgan fingerprint density at radius 2 is 2.12 bits per heavy atom. The zero-order chi connectivity index (χ0) is 12.4. The summed E-state index contributed by atoms with van der Waals surface area (Å²) >= 11 is 5.89. The van der Waals surface area contributed by atoms with E-state index in [2.05, 4.69) is 10.3 Å². The van der Waals surface area contributed by atoms with E-state index in [0.717, 1.165) is 5.56 Å². The highest BCUT2D eigenvalue weighted by atomic mass is 35.5. The number of hydrogen-bond acceptors (Lipinski definition) is 3. The first-order chi connectivity index (χ1) is 8.06. The molecule has 1 aromatic heterocycles. The van der Waals surface area contributed by atoms with Gasteiger partial charge in [0, 0.05) is 18.0 Å². The fraction of sp³-hybridized carbons (Fsp3) is 0.0833. The smallest absolute Gasteiger partial charge is 0.132 e. The van der Waals surface area contributed by atoms with E-state index in [0.29, 0.717) is 22.2 Å². The molecule has 0 spiro atoms. The Morgan fingerprint density at radius 1 is 1.35 bits per heavy atom. The Bertz CT molecular complexity index is 557. The molecule has 0 saturated heterocycles. The molecule has 0 unspecified atom stereocenters. The summed E-state index contributed by atoms with van der Waals surface area (Å²) in [6, 6.07) is 5.82. The molecule has 0 bridgehead atoms. The Labute approximate surface area is 103 Å². The first-order valence-electron chi connectivity index (χ1n) is 5.00. The minimum absolute atomic E-state index is 0.297. The van der Waals surface area contributed by atoms with Gasteiger partial charge in [-0.3, -0.25) is 0 Å². The van der Waals surface area contributed by atoms with Crippen molar-refractivity contribution in [2.45, 2.75) is 6.92 Å².